The number of anilines is 1. The van der Waals surface area contributed by atoms with Crippen molar-refractivity contribution < 1.29 is 14.4 Å². The van der Waals surface area contributed by atoms with Gasteiger partial charge in [-0.3, -0.25) is 0 Å². The molecule has 0 aliphatic carbocycles. The normalized spacial score (nSPS) is 10.6. The second-order valence-corrected chi connectivity index (χ2v) is 5.48. The van der Waals surface area contributed by atoms with Gasteiger partial charge in [-0.15, -0.1) is 0 Å². The Morgan fingerprint density at radius 2 is 2.12 bits per heavy atom. The Balaban J connectivity index is 1.72. The van der Waals surface area contributed by atoms with E-state index >= 15 is 0 Å². The monoisotopic (exact) mass is 345 g/mol. The number of hydrogen-bond acceptors (Lipinski definition) is 6. The summed E-state index contributed by atoms with van der Waals surface area (Å²) in [5.74, 6) is 1.64. The molecule has 0 spiro atoms. The third kappa shape index (κ3) is 3.67. The van der Waals surface area contributed by atoms with Gasteiger partial charge >= 0.3 is 0 Å². The highest BCUT2D eigenvalue weighted by molar-refractivity contribution is 6.33. The van der Waals surface area contributed by atoms with Gasteiger partial charge in [-0.2, -0.15) is 4.98 Å². The summed E-state index contributed by atoms with van der Waals surface area (Å²) in [5.41, 5.74) is 2.28. The van der Waals surface area contributed by atoms with Crippen LogP contribution in [0.4, 0.5) is 5.69 Å². The number of nitrogens with one attached hydrogen (secondary N) is 1. The minimum absolute atomic E-state index is 0.0492. The number of aromatic nitrogens is 2. The van der Waals surface area contributed by atoms with Crippen LogP contribution < -0.4 is 10.1 Å². The number of aliphatic hydroxyl groups is 1. The summed E-state index contributed by atoms with van der Waals surface area (Å²) in [5, 5.41) is 16.8. The zero-order chi connectivity index (χ0) is 16.9. The highest BCUT2D eigenvalue weighted by Gasteiger charge is 2.10. The van der Waals surface area contributed by atoms with E-state index in [9.17, 15) is 5.11 Å². The van der Waals surface area contributed by atoms with Crippen molar-refractivity contribution in [3.8, 4) is 17.1 Å². The lowest BCUT2D eigenvalue weighted by Gasteiger charge is -2.07. The summed E-state index contributed by atoms with van der Waals surface area (Å²) in [6.07, 6.45) is 0. The van der Waals surface area contributed by atoms with Crippen LogP contribution in [-0.4, -0.2) is 22.4 Å². The maximum atomic E-state index is 9.19. The Labute approximate surface area is 144 Å². The van der Waals surface area contributed by atoms with E-state index in [1.807, 2.05) is 24.3 Å². The van der Waals surface area contributed by atoms with Crippen LogP contribution in [0.3, 0.4) is 0 Å². The molecule has 124 valence electrons. The average molecular weight is 346 g/mol. The third-order valence-corrected chi connectivity index (χ3v) is 3.77. The number of aliphatic hydroxyl groups excluding tert-OH is 1. The van der Waals surface area contributed by atoms with Crippen molar-refractivity contribution in [2.45, 2.75) is 13.2 Å². The van der Waals surface area contributed by atoms with Crippen LogP contribution in [0.15, 0.2) is 47.0 Å². The molecular formula is C17H16ClN3O3. The predicted molar refractivity (Wildman–Crippen MR) is 91.0 cm³/mol. The smallest absolute Gasteiger partial charge is 0.246 e. The molecule has 0 aliphatic rings. The molecule has 6 nitrogen and oxygen atoms in total. The molecule has 0 radical (unpaired) electrons. The molecule has 24 heavy (non-hydrogen) atoms. The van der Waals surface area contributed by atoms with E-state index in [0.717, 1.165) is 16.9 Å². The first-order valence-electron chi connectivity index (χ1n) is 7.30. The van der Waals surface area contributed by atoms with Crippen LogP contribution in [0.25, 0.3) is 11.4 Å². The Morgan fingerprint density at radius 1 is 1.25 bits per heavy atom. The van der Waals surface area contributed by atoms with Gasteiger partial charge < -0.3 is 19.7 Å². The molecule has 7 heteroatoms. The van der Waals surface area contributed by atoms with Crippen LogP contribution in [0.5, 0.6) is 5.75 Å². The minimum Gasteiger partial charge on any atom is -0.497 e. The average Bonchev–Trinajstić information content (AvgIpc) is 3.10. The van der Waals surface area contributed by atoms with Gasteiger partial charge in [0.25, 0.3) is 0 Å². The largest absolute Gasteiger partial charge is 0.497 e. The van der Waals surface area contributed by atoms with Gasteiger partial charge in [0.15, 0.2) is 0 Å². The van der Waals surface area contributed by atoms with Gasteiger partial charge in [0.2, 0.25) is 11.7 Å². The number of hydrogen-bond donors (Lipinski definition) is 2. The highest BCUT2D eigenvalue weighted by atomic mass is 35.5. The van der Waals surface area contributed by atoms with Crippen LogP contribution in [0, 0.1) is 0 Å². The molecule has 2 N–H and O–H groups in total. The maximum Gasteiger partial charge on any atom is 0.246 e. The molecule has 3 aromatic rings. The minimum atomic E-state index is -0.0492. The molecule has 0 unspecified atom stereocenters. The molecule has 0 aliphatic heterocycles. The van der Waals surface area contributed by atoms with Crippen molar-refractivity contribution in [2.75, 3.05) is 12.4 Å². The lowest BCUT2D eigenvalue weighted by molar-refractivity contribution is 0.282. The summed E-state index contributed by atoms with van der Waals surface area (Å²) < 4.78 is 10.4. The van der Waals surface area contributed by atoms with Crippen LogP contribution in [-0.2, 0) is 13.2 Å². The fourth-order valence-corrected chi connectivity index (χ4v) is 2.37. The van der Waals surface area contributed by atoms with Gasteiger partial charge in [-0.05, 0) is 29.8 Å². The van der Waals surface area contributed by atoms with E-state index in [4.69, 9.17) is 20.9 Å². The van der Waals surface area contributed by atoms with E-state index in [2.05, 4.69) is 15.5 Å². The molecule has 3 rings (SSSR count). The van der Waals surface area contributed by atoms with Gasteiger partial charge in [0.05, 0.1) is 31.0 Å². The predicted octanol–water partition coefficient (Wildman–Crippen LogP) is 3.50. The number of ether oxygens (including phenoxy) is 1. The Hall–Kier alpha value is -2.57. The first kappa shape index (κ1) is 16.3. The molecule has 0 fully saturated rings. The van der Waals surface area contributed by atoms with Crippen molar-refractivity contribution >= 4 is 17.3 Å². The quantitative estimate of drug-likeness (QED) is 0.711. The number of halogens is 1. The SMILES string of the molecule is COc1cccc(-c2noc(CNc3cc(CO)ccc3Cl)n2)c1. The highest BCUT2D eigenvalue weighted by Crippen LogP contribution is 2.24. The topological polar surface area (TPSA) is 80.4 Å². The molecule has 0 atom stereocenters. The van der Waals surface area contributed by atoms with E-state index < -0.39 is 0 Å². The fraction of sp³-hybridized carbons (Fsp3) is 0.176. The number of benzene rings is 2. The zero-order valence-corrected chi connectivity index (χ0v) is 13.7. The van der Waals surface area contributed by atoms with Crippen LogP contribution in [0.1, 0.15) is 11.5 Å². The van der Waals surface area contributed by atoms with Crippen molar-refractivity contribution in [1.82, 2.24) is 10.1 Å². The number of methoxy groups -OCH3 is 1. The molecule has 1 heterocycles. The van der Waals surface area contributed by atoms with Crippen molar-refractivity contribution in [2.24, 2.45) is 0 Å². The summed E-state index contributed by atoms with van der Waals surface area (Å²) in [4.78, 5) is 4.35. The Bertz CT molecular complexity index is 835. The van der Waals surface area contributed by atoms with Crippen molar-refractivity contribution in [3.63, 3.8) is 0 Å². The first-order valence-corrected chi connectivity index (χ1v) is 7.67. The third-order valence-electron chi connectivity index (χ3n) is 3.44. The van der Waals surface area contributed by atoms with E-state index in [-0.39, 0.29) is 6.61 Å². The van der Waals surface area contributed by atoms with Gasteiger partial charge in [-0.25, -0.2) is 0 Å². The fourth-order valence-electron chi connectivity index (χ4n) is 2.18. The van der Waals surface area contributed by atoms with Crippen LogP contribution in [0.2, 0.25) is 5.02 Å². The molecule has 0 bridgehead atoms. The number of rotatable bonds is 6. The summed E-state index contributed by atoms with van der Waals surface area (Å²) >= 11 is 6.13. The summed E-state index contributed by atoms with van der Waals surface area (Å²) in [6.45, 7) is 0.276. The maximum absolute atomic E-state index is 9.19. The second-order valence-electron chi connectivity index (χ2n) is 5.07. The molecular weight excluding hydrogens is 330 g/mol. The Morgan fingerprint density at radius 3 is 2.92 bits per heavy atom. The van der Waals surface area contributed by atoms with E-state index in [0.29, 0.717) is 29.0 Å². The van der Waals surface area contributed by atoms with Crippen molar-refractivity contribution in [1.29, 1.82) is 0 Å². The van der Waals surface area contributed by atoms with E-state index in [1.165, 1.54) is 0 Å². The Kier molecular flexibility index (Phi) is 4.98. The summed E-state index contributed by atoms with van der Waals surface area (Å²) in [6, 6.07) is 12.7. The molecule has 0 saturated carbocycles. The van der Waals surface area contributed by atoms with E-state index in [1.54, 1.807) is 25.3 Å². The van der Waals surface area contributed by atoms with Gasteiger partial charge in [0.1, 0.15) is 5.75 Å². The van der Waals surface area contributed by atoms with Gasteiger partial charge in [0, 0.05) is 5.56 Å². The second kappa shape index (κ2) is 7.33. The van der Waals surface area contributed by atoms with Gasteiger partial charge in [-0.1, -0.05) is 35.0 Å². The standard InChI is InChI=1S/C17H16ClN3O3/c1-23-13-4-2-3-12(8-13)17-20-16(24-21-17)9-19-15-7-11(10-22)5-6-14(15)18/h2-8,19,22H,9-10H2,1H3. The zero-order valence-electron chi connectivity index (χ0n) is 13.0. The lowest BCUT2D eigenvalue weighted by atomic mass is 10.2. The summed E-state index contributed by atoms with van der Waals surface area (Å²) in [7, 11) is 1.61. The molecule has 1 aromatic heterocycles. The molecule has 2 aromatic carbocycles. The van der Waals surface area contributed by atoms with Crippen LogP contribution >= 0.6 is 11.6 Å². The molecule has 0 saturated heterocycles. The molecule has 0 amide bonds. The lowest BCUT2D eigenvalue weighted by Crippen LogP contribution is -2.01. The van der Waals surface area contributed by atoms with Crippen molar-refractivity contribution in [3.05, 3.63) is 58.9 Å². The number of nitrogens with zero attached hydrogens (tertiary/aromatic N) is 2. The first-order chi connectivity index (χ1) is 11.7.